The maximum atomic E-state index is 12.2. The van der Waals surface area contributed by atoms with Crippen molar-refractivity contribution in [1.29, 1.82) is 0 Å². The lowest BCUT2D eigenvalue weighted by molar-refractivity contribution is -0.124. The van der Waals surface area contributed by atoms with Gasteiger partial charge in [0.05, 0.1) is 7.11 Å². The Morgan fingerprint density at radius 3 is 2.82 bits per heavy atom. The third-order valence-electron chi connectivity index (χ3n) is 4.02. The Bertz CT molecular complexity index is 696. The van der Waals surface area contributed by atoms with Gasteiger partial charge in [0.1, 0.15) is 5.75 Å². The first-order valence-electron chi connectivity index (χ1n) is 7.42. The van der Waals surface area contributed by atoms with Gasteiger partial charge in [-0.3, -0.25) is 4.79 Å². The summed E-state index contributed by atoms with van der Waals surface area (Å²) in [5, 5.41) is 13.0. The number of amides is 1. The van der Waals surface area contributed by atoms with E-state index in [1.165, 1.54) is 17.5 Å². The number of benzene rings is 2. The largest absolute Gasteiger partial charge is 0.497 e. The molecule has 0 saturated heterocycles. The third kappa shape index (κ3) is 2.97. The zero-order valence-corrected chi connectivity index (χ0v) is 12.5. The van der Waals surface area contributed by atoms with E-state index in [0.717, 1.165) is 18.5 Å². The molecule has 0 aromatic heterocycles. The molecule has 0 saturated carbocycles. The summed E-state index contributed by atoms with van der Waals surface area (Å²) in [6.07, 6.45) is 2.11. The summed E-state index contributed by atoms with van der Waals surface area (Å²) in [5.74, 6) is 0.174. The molecule has 1 amide bonds. The Hall–Kier alpha value is -2.33. The molecule has 0 radical (unpaired) electrons. The molecule has 1 aliphatic carbocycles. The van der Waals surface area contributed by atoms with E-state index in [2.05, 4.69) is 11.4 Å². The Labute approximate surface area is 129 Å². The van der Waals surface area contributed by atoms with Gasteiger partial charge in [0.25, 0.3) is 5.91 Å². The van der Waals surface area contributed by atoms with Crippen molar-refractivity contribution in [2.24, 2.45) is 0 Å². The molecule has 4 heteroatoms. The first-order valence-corrected chi connectivity index (χ1v) is 7.42. The number of hydrogen-bond donors (Lipinski definition) is 2. The number of aliphatic hydroxyl groups is 1. The van der Waals surface area contributed by atoms with Crippen LogP contribution in [0.5, 0.6) is 5.75 Å². The summed E-state index contributed by atoms with van der Waals surface area (Å²) in [6, 6.07) is 12.8. The van der Waals surface area contributed by atoms with E-state index in [0.29, 0.717) is 11.3 Å². The highest BCUT2D eigenvalue weighted by atomic mass is 16.5. The predicted molar refractivity (Wildman–Crippen MR) is 85.1 cm³/mol. The van der Waals surface area contributed by atoms with E-state index in [4.69, 9.17) is 4.74 Å². The zero-order chi connectivity index (χ0) is 15.5. The van der Waals surface area contributed by atoms with Crippen LogP contribution in [-0.2, 0) is 17.6 Å². The summed E-state index contributed by atoms with van der Waals surface area (Å²) < 4.78 is 5.11. The molecule has 3 rings (SSSR count). The van der Waals surface area contributed by atoms with Gasteiger partial charge in [-0.05, 0) is 60.2 Å². The molecule has 2 N–H and O–H groups in total. The molecule has 0 heterocycles. The number of fused-ring (bicyclic) bond motifs is 1. The van der Waals surface area contributed by atoms with Crippen molar-refractivity contribution in [2.75, 3.05) is 12.4 Å². The number of anilines is 1. The fourth-order valence-electron chi connectivity index (χ4n) is 2.82. The molecular formula is C18H19NO3. The van der Waals surface area contributed by atoms with Gasteiger partial charge >= 0.3 is 0 Å². The van der Waals surface area contributed by atoms with Crippen molar-refractivity contribution in [1.82, 2.24) is 0 Å². The molecule has 4 nitrogen and oxygen atoms in total. The topological polar surface area (TPSA) is 58.6 Å². The molecule has 22 heavy (non-hydrogen) atoms. The Kier molecular flexibility index (Phi) is 4.11. The Balaban J connectivity index is 1.73. The van der Waals surface area contributed by atoms with Crippen molar-refractivity contribution in [3.8, 4) is 5.75 Å². The Morgan fingerprint density at radius 2 is 2.00 bits per heavy atom. The summed E-state index contributed by atoms with van der Waals surface area (Å²) in [7, 11) is 1.55. The monoisotopic (exact) mass is 297 g/mol. The highest BCUT2D eigenvalue weighted by Crippen LogP contribution is 2.26. The quantitative estimate of drug-likeness (QED) is 0.912. The van der Waals surface area contributed by atoms with E-state index in [1.54, 1.807) is 31.4 Å². The predicted octanol–water partition coefficient (Wildman–Crippen LogP) is 2.86. The number of rotatable bonds is 4. The van der Waals surface area contributed by atoms with E-state index in [1.807, 2.05) is 12.1 Å². The maximum absolute atomic E-state index is 12.2. The second-order valence-electron chi connectivity index (χ2n) is 5.51. The molecule has 1 aliphatic rings. The SMILES string of the molecule is COc1cccc(C(O)C(=O)Nc2ccc3c(c2)CCC3)c1. The normalized spacial score (nSPS) is 14.3. The molecular weight excluding hydrogens is 278 g/mol. The van der Waals surface area contributed by atoms with E-state index < -0.39 is 12.0 Å². The molecule has 2 aromatic carbocycles. The molecule has 0 bridgehead atoms. The number of nitrogens with one attached hydrogen (secondary N) is 1. The zero-order valence-electron chi connectivity index (χ0n) is 12.5. The van der Waals surface area contributed by atoms with Crippen LogP contribution >= 0.6 is 0 Å². The van der Waals surface area contributed by atoms with Crippen LogP contribution in [0.3, 0.4) is 0 Å². The van der Waals surface area contributed by atoms with Gasteiger partial charge in [-0.2, -0.15) is 0 Å². The van der Waals surface area contributed by atoms with Crippen molar-refractivity contribution in [3.63, 3.8) is 0 Å². The summed E-state index contributed by atoms with van der Waals surface area (Å²) in [4.78, 5) is 12.2. The van der Waals surface area contributed by atoms with Crippen LogP contribution in [0, 0.1) is 0 Å². The van der Waals surface area contributed by atoms with Crippen molar-refractivity contribution >= 4 is 11.6 Å². The second-order valence-corrected chi connectivity index (χ2v) is 5.51. The molecule has 0 aliphatic heterocycles. The Morgan fingerprint density at radius 1 is 1.18 bits per heavy atom. The number of carbonyl (C=O) groups excluding carboxylic acids is 1. The van der Waals surface area contributed by atoms with Crippen LogP contribution < -0.4 is 10.1 Å². The minimum Gasteiger partial charge on any atom is -0.497 e. The van der Waals surface area contributed by atoms with Gasteiger partial charge in [-0.25, -0.2) is 0 Å². The molecule has 114 valence electrons. The fraction of sp³-hybridized carbons (Fsp3) is 0.278. The number of aliphatic hydroxyl groups excluding tert-OH is 1. The maximum Gasteiger partial charge on any atom is 0.257 e. The molecule has 0 fully saturated rings. The number of methoxy groups -OCH3 is 1. The van der Waals surface area contributed by atoms with Gasteiger partial charge in [0.15, 0.2) is 6.10 Å². The lowest BCUT2D eigenvalue weighted by Crippen LogP contribution is -2.20. The number of carbonyl (C=O) groups is 1. The summed E-state index contributed by atoms with van der Waals surface area (Å²) in [6.45, 7) is 0. The van der Waals surface area contributed by atoms with Gasteiger partial charge in [0, 0.05) is 5.69 Å². The standard InChI is InChI=1S/C18H19NO3/c1-22-16-7-3-6-14(11-16)17(20)18(21)19-15-9-8-12-4-2-5-13(12)10-15/h3,6-11,17,20H,2,4-5H2,1H3,(H,19,21). The number of hydrogen-bond acceptors (Lipinski definition) is 3. The van der Waals surface area contributed by atoms with Crippen LogP contribution in [0.2, 0.25) is 0 Å². The fourth-order valence-corrected chi connectivity index (χ4v) is 2.82. The minimum absolute atomic E-state index is 0.439. The van der Waals surface area contributed by atoms with Crippen LogP contribution in [0.25, 0.3) is 0 Å². The molecule has 1 unspecified atom stereocenters. The van der Waals surface area contributed by atoms with Crippen molar-refractivity contribution < 1.29 is 14.6 Å². The number of ether oxygens (including phenoxy) is 1. The van der Waals surface area contributed by atoms with Gasteiger partial charge in [-0.1, -0.05) is 18.2 Å². The van der Waals surface area contributed by atoms with Gasteiger partial charge in [-0.15, -0.1) is 0 Å². The first kappa shape index (κ1) is 14.6. The third-order valence-corrected chi connectivity index (χ3v) is 4.02. The van der Waals surface area contributed by atoms with Crippen LogP contribution in [-0.4, -0.2) is 18.1 Å². The average Bonchev–Trinajstić information content (AvgIpc) is 3.01. The molecule has 1 atom stereocenters. The summed E-state index contributed by atoms with van der Waals surface area (Å²) >= 11 is 0. The minimum atomic E-state index is -1.22. The average molecular weight is 297 g/mol. The van der Waals surface area contributed by atoms with Crippen LogP contribution in [0.15, 0.2) is 42.5 Å². The van der Waals surface area contributed by atoms with Gasteiger partial charge in [0.2, 0.25) is 0 Å². The van der Waals surface area contributed by atoms with E-state index in [-0.39, 0.29) is 0 Å². The van der Waals surface area contributed by atoms with Crippen molar-refractivity contribution in [3.05, 3.63) is 59.2 Å². The second kappa shape index (κ2) is 6.20. The van der Waals surface area contributed by atoms with Crippen molar-refractivity contribution in [2.45, 2.75) is 25.4 Å². The van der Waals surface area contributed by atoms with Crippen LogP contribution in [0.4, 0.5) is 5.69 Å². The van der Waals surface area contributed by atoms with Gasteiger partial charge < -0.3 is 15.2 Å². The highest BCUT2D eigenvalue weighted by molar-refractivity contribution is 5.94. The van der Waals surface area contributed by atoms with Crippen LogP contribution in [0.1, 0.15) is 29.2 Å². The first-order chi connectivity index (χ1) is 10.7. The molecule has 2 aromatic rings. The van der Waals surface area contributed by atoms with E-state index >= 15 is 0 Å². The molecule has 0 spiro atoms. The lowest BCUT2D eigenvalue weighted by Gasteiger charge is -2.13. The summed E-state index contributed by atoms with van der Waals surface area (Å²) in [5.41, 5.74) is 3.88. The van der Waals surface area contributed by atoms with E-state index in [9.17, 15) is 9.90 Å². The smallest absolute Gasteiger partial charge is 0.257 e. The highest BCUT2D eigenvalue weighted by Gasteiger charge is 2.19. The number of aryl methyl sites for hydroxylation is 2. The lowest BCUT2D eigenvalue weighted by atomic mass is 10.1.